The van der Waals surface area contributed by atoms with Crippen LogP contribution in [0.25, 0.3) is 0 Å². The number of nitrogens with one attached hydrogen (secondary N) is 1. The SMILES string of the molecule is c1ccc(CN2CCC(NP(c3ccccc3)c3ccccc3)C2)cc1. The molecule has 0 saturated carbocycles. The van der Waals surface area contributed by atoms with Gasteiger partial charge in [-0.25, -0.2) is 0 Å². The molecular formula is C23H25N2P. The van der Waals surface area contributed by atoms with E-state index in [1.807, 2.05) is 0 Å². The van der Waals surface area contributed by atoms with Crippen LogP contribution in [0.15, 0.2) is 91.0 Å². The highest BCUT2D eigenvalue weighted by atomic mass is 31.1. The Kier molecular flexibility index (Phi) is 5.76. The van der Waals surface area contributed by atoms with Crippen molar-refractivity contribution in [3.8, 4) is 0 Å². The molecule has 0 aliphatic carbocycles. The van der Waals surface area contributed by atoms with Gasteiger partial charge in [0.2, 0.25) is 0 Å². The van der Waals surface area contributed by atoms with Crippen molar-refractivity contribution in [3.63, 3.8) is 0 Å². The maximum absolute atomic E-state index is 3.99. The first-order chi connectivity index (χ1) is 12.9. The molecule has 1 saturated heterocycles. The number of likely N-dealkylation sites (tertiary alicyclic amines) is 1. The number of rotatable bonds is 6. The van der Waals surface area contributed by atoms with Crippen LogP contribution < -0.4 is 15.7 Å². The quantitative estimate of drug-likeness (QED) is 0.671. The van der Waals surface area contributed by atoms with Crippen molar-refractivity contribution in [1.82, 2.24) is 9.99 Å². The van der Waals surface area contributed by atoms with Crippen LogP contribution in [-0.2, 0) is 6.54 Å². The van der Waals surface area contributed by atoms with Crippen LogP contribution in [0.3, 0.4) is 0 Å². The first-order valence-electron chi connectivity index (χ1n) is 9.31. The van der Waals surface area contributed by atoms with Crippen LogP contribution in [0.4, 0.5) is 0 Å². The Morgan fingerprint density at radius 3 is 1.88 bits per heavy atom. The average Bonchev–Trinajstić information content (AvgIpc) is 3.15. The molecule has 0 bridgehead atoms. The molecule has 0 aromatic heterocycles. The summed E-state index contributed by atoms with van der Waals surface area (Å²) < 4.78 is 0. The zero-order valence-electron chi connectivity index (χ0n) is 15.0. The fourth-order valence-electron chi connectivity index (χ4n) is 3.56. The normalized spacial score (nSPS) is 17.7. The highest BCUT2D eigenvalue weighted by molar-refractivity contribution is 7.71. The van der Waals surface area contributed by atoms with Crippen molar-refractivity contribution >= 4 is 18.7 Å². The lowest BCUT2D eigenvalue weighted by molar-refractivity contribution is 0.325. The third-order valence-corrected chi connectivity index (χ3v) is 7.11. The van der Waals surface area contributed by atoms with Gasteiger partial charge in [0.25, 0.3) is 0 Å². The second-order valence-electron chi connectivity index (χ2n) is 6.84. The minimum absolute atomic E-state index is 0.517. The van der Waals surface area contributed by atoms with E-state index in [2.05, 4.69) is 101 Å². The van der Waals surface area contributed by atoms with E-state index < -0.39 is 8.07 Å². The minimum atomic E-state index is -0.517. The van der Waals surface area contributed by atoms with Gasteiger partial charge in [0, 0.05) is 33.7 Å². The lowest BCUT2D eigenvalue weighted by Crippen LogP contribution is -2.34. The first kappa shape index (κ1) is 17.4. The lowest BCUT2D eigenvalue weighted by Gasteiger charge is -2.24. The predicted molar refractivity (Wildman–Crippen MR) is 112 cm³/mol. The van der Waals surface area contributed by atoms with E-state index in [4.69, 9.17) is 0 Å². The lowest BCUT2D eigenvalue weighted by atomic mass is 10.2. The van der Waals surface area contributed by atoms with E-state index in [1.54, 1.807) is 0 Å². The number of nitrogens with zero attached hydrogens (tertiary/aromatic N) is 1. The minimum Gasteiger partial charge on any atom is -0.297 e. The molecule has 0 spiro atoms. The zero-order valence-corrected chi connectivity index (χ0v) is 15.9. The summed E-state index contributed by atoms with van der Waals surface area (Å²) in [5, 5.41) is 6.78. The second kappa shape index (κ2) is 8.60. The van der Waals surface area contributed by atoms with E-state index >= 15 is 0 Å². The van der Waals surface area contributed by atoms with Gasteiger partial charge in [-0.1, -0.05) is 91.0 Å². The van der Waals surface area contributed by atoms with E-state index in [0.717, 1.165) is 13.1 Å². The topological polar surface area (TPSA) is 15.3 Å². The maximum Gasteiger partial charge on any atom is 0.0256 e. The van der Waals surface area contributed by atoms with Crippen LogP contribution in [0.2, 0.25) is 0 Å². The molecule has 3 heteroatoms. The van der Waals surface area contributed by atoms with Gasteiger partial charge in [0.15, 0.2) is 0 Å². The first-order valence-corrected chi connectivity index (χ1v) is 10.7. The second-order valence-corrected chi connectivity index (χ2v) is 8.80. The molecule has 1 aliphatic heterocycles. The molecule has 1 fully saturated rings. The number of benzene rings is 3. The van der Waals surface area contributed by atoms with Crippen molar-refractivity contribution in [2.45, 2.75) is 19.0 Å². The van der Waals surface area contributed by atoms with Gasteiger partial charge in [0.1, 0.15) is 0 Å². The van der Waals surface area contributed by atoms with E-state index in [1.165, 1.54) is 29.1 Å². The molecule has 1 unspecified atom stereocenters. The summed E-state index contributed by atoms with van der Waals surface area (Å²) >= 11 is 0. The number of hydrogen-bond acceptors (Lipinski definition) is 2. The van der Waals surface area contributed by atoms with Crippen LogP contribution in [-0.4, -0.2) is 24.0 Å². The van der Waals surface area contributed by atoms with Gasteiger partial charge in [-0.15, -0.1) is 0 Å². The molecule has 3 aromatic rings. The van der Waals surface area contributed by atoms with Gasteiger partial charge in [-0.05, 0) is 22.6 Å². The summed E-state index contributed by atoms with van der Waals surface area (Å²) in [6.45, 7) is 3.33. The summed E-state index contributed by atoms with van der Waals surface area (Å²) in [4.78, 5) is 2.57. The Bertz CT molecular complexity index is 753. The van der Waals surface area contributed by atoms with E-state index in [0.29, 0.717) is 6.04 Å². The molecule has 4 rings (SSSR count). The van der Waals surface area contributed by atoms with Gasteiger partial charge in [-0.3, -0.25) is 9.99 Å². The molecule has 2 nitrogen and oxygen atoms in total. The molecule has 1 aliphatic rings. The van der Waals surface area contributed by atoms with Crippen LogP contribution in [0.1, 0.15) is 12.0 Å². The highest BCUT2D eigenvalue weighted by Gasteiger charge is 2.26. The Morgan fingerprint density at radius 2 is 1.31 bits per heavy atom. The largest absolute Gasteiger partial charge is 0.297 e. The van der Waals surface area contributed by atoms with Crippen molar-refractivity contribution in [3.05, 3.63) is 96.6 Å². The van der Waals surface area contributed by atoms with E-state index in [9.17, 15) is 0 Å². The predicted octanol–water partition coefficient (Wildman–Crippen LogP) is 3.90. The molecule has 0 radical (unpaired) electrons. The molecular weight excluding hydrogens is 335 g/mol. The Hall–Kier alpha value is -1.99. The summed E-state index contributed by atoms with van der Waals surface area (Å²) in [7, 11) is -0.517. The third kappa shape index (κ3) is 4.40. The summed E-state index contributed by atoms with van der Waals surface area (Å²) in [5.41, 5.74) is 1.40. The molecule has 26 heavy (non-hydrogen) atoms. The van der Waals surface area contributed by atoms with Gasteiger partial charge in [0.05, 0.1) is 0 Å². The van der Waals surface area contributed by atoms with Crippen molar-refractivity contribution in [2.24, 2.45) is 0 Å². The molecule has 0 amide bonds. The van der Waals surface area contributed by atoms with Gasteiger partial charge < -0.3 is 0 Å². The molecule has 132 valence electrons. The average molecular weight is 360 g/mol. The maximum atomic E-state index is 3.99. The Balaban J connectivity index is 1.45. The van der Waals surface area contributed by atoms with Gasteiger partial charge in [-0.2, -0.15) is 0 Å². The Morgan fingerprint density at radius 1 is 0.769 bits per heavy atom. The smallest absolute Gasteiger partial charge is 0.0256 e. The third-order valence-electron chi connectivity index (χ3n) is 4.86. The molecule has 1 N–H and O–H groups in total. The zero-order chi connectivity index (χ0) is 17.6. The summed E-state index contributed by atoms with van der Waals surface area (Å²) in [6, 6.07) is 33.1. The van der Waals surface area contributed by atoms with Crippen LogP contribution in [0, 0.1) is 0 Å². The Labute approximate surface area is 157 Å². The highest BCUT2D eigenvalue weighted by Crippen LogP contribution is 2.31. The fraction of sp³-hybridized carbons (Fsp3) is 0.217. The van der Waals surface area contributed by atoms with E-state index in [-0.39, 0.29) is 0 Å². The standard InChI is InChI=1S/C23H25N2P/c1-4-10-20(11-5-1)18-25-17-16-21(19-25)24-26(22-12-6-2-7-13-22)23-14-8-3-9-15-23/h1-15,21,24H,16-19H2. The molecule has 1 heterocycles. The van der Waals surface area contributed by atoms with Crippen molar-refractivity contribution in [2.75, 3.05) is 13.1 Å². The summed E-state index contributed by atoms with van der Waals surface area (Å²) in [6.07, 6.45) is 1.21. The monoisotopic (exact) mass is 360 g/mol. The molecule has 1 atom stereocenters. The number of hydrogen-bond donors (Lipinski definition) is 1. The van der Waals surface area contributed by atoms with Gasteiger partial charge >= 0.3 is 0 Å². The van der Waals surface area contributed by atoms with Crippen molar-refractivity contribution < 1.29 is 0 Å². The van der Waals surface area contributed by atoms with Crippen LogP contribution >= 0.6 is 8.07 Å². The van der Waals surface area contributed by atoms with Crippen molar-refractivity contribution in [1.29, 1.82) is 0 Å². The molecule has 3 aromatic carbocycles. The summed E-state index contributed by atoms with van der Waals surface area (Å²) in [5.74, 6) is 0. The van der Waals surface area contributed by atoms with Crippen LogP contribution in [0.5, 0.6) is 0 Å². The fourth-order valence-corrected chi connectivity index (χ4v) is 5.67.